The fourth-order valence-electron chi connectivity index (χ4n) is 1.44. The van der Waals surface area contributed by atoms with Crippen molar-refractivity contribution in [3.8, 4) is 0 Å². The first kappa shape index (κ1) is 10.9. The molecule has 2 N–H and O–H groups in total. The molecule has 0 amide bonds. The van der Waals surface area contributed by atoms with E-state index in [0.29, 0.717) is 0 Å². The van der Waals surface area contributed by atoms with Crippen molar-refractivity contribution in [2.75, 3.05) is 6.54 Å². The molecule has 0 saturated carbocycles. The summed E-state index contributed by atoms with van der Waals surface area (Å²) in [4.78, 5) is 0. The van der Waals surface area contributed by atoms with Gasteiger partial charge in [0.1, 0.15) is 0 Å². The maximum absolute atomic E-state index is 5.68. The number of hydrogen-bond donors (Lipinski definition) is 1. The largest absolute Gasteiger partial charge is 0.330 e. The van der Waals surface area contributed by atoms with Gasteiger partial charge in [0.2, 0.25) is 0 Å². The molecule has 0 rings (SSSR count). The van der Waals surface area contributed by atoms with Crippen LogP contribution < -0.4 is 5.73 Å². The van der Waals surface area contributed by atoms with Gasteiger partial charge in [-0.3, -0.25) is 0 Å². The second-order valence-electron chi connectivity index (χ2n) is 4.80. The van der Waals surface area contributed by atoms with Crippen LogP contribution in [0.15, 0.2) is 12.7 Å². The molecule has 0 heterocycles. The minimum absolute atomic E-state index is 0.171. The molecule has 0 aromatic rings. The van der Waals surface area contributed by atoms with Crippen molar-refractivity contribution in [1.82, 2.24) is 0 Å². The van der Waals surface area contributed by atoms with E-state index in [9.17, 15) is 0 Å². The monoisotopic (exact) mass is 171 g/mol. The Morgan fingerprint density at radius 3 is 2.00 bits per heavy atom. The molecule has 0 aliphatic carbocycles. The first-order chi connectivity index (χ1) is 4.83. The van der Waals surface area contributed by atoms with Crippen molar-refractivity contribution >= 4 is 8.07 Å². The van der Waals surface area contributed by atoms with Gasteiger partial charge in [-0.2, -0.15) is 0 Å². The van der Waals surface area contributed by atoms with Gasteiger partial charge in [0, 0.05) is 14.6 Å². The fourth-order valence-corrected chi connectivity index (χ4v) is 4.15. The summed E-state index contributed by atoms with van der Waals surface area (Å²) in [7, 11) is -0.986. The first-order valence-electron chi connectivity index (χ1n) is 4.17. The average molecular weight is 171 g/mol. The molecular formula is C9H21NSi. The lowest BCUT2D eigenvalue weighted by Gasteiger charge is -2.30. The normalized spacial score (nSPS) is 17.5. The van der Waals surface area contributed by atoms with Gasteiger partial charge in [0.25, 0.3) is 0 Å². The second kappa shape index (κ2) is 3.54. The van der Waals surface area contributed by atoms with E-state index in [1.807, 2.05) is 6.08 Å². The standard InChI is InChI=1S/C9H21NSi/c1-6-9(2,7-10)8-11(3,4)5/h6H,1,7-8,10H2,2-5H3. The van der Waals surface area contributed by atoms with Crippen LogP contribution in [-0.2, 0) is 0 Å². The summed E-state index contributed by atoms with van der Waals surface area (Å²) >= 11 is 0. The van der Waals surface area contributed by atoms with Crippen LogP contribution in [0.3, 0.4) is 0 Å². The zero-order valence-electron chi connectivity index (χ0n) is 8.28. The third-order valence-corrected chi connectivity index (χ3v) is 3.76. The lowest BCUT2D eigenvalue weighted by molar-refractivity contribution is 0.488. The van der Waals surface area contributed by atoms with Crippen molar-refractivity contribution in [3.05, 3.63) is 12.7 Å². The highest BCUT2D eigenvalue weighted by Crippen LogP contribution is 2.28. The smallest absolute Gasteiger partial charge is 0.0451 e. The van der Waals surface area contributed by atoms with Crippen LogP contribution in [0.2, 0.25) is 25.7 Å². The summed E-state index contributed by atoms with van der Waals surface area (Å²) in [5.41, 5.74) is 5.85. The molecule has 0 radical (unpaired) electrons. The summed E-state index contributed by atoms with van der Waals surface area (Å²) in [6.45, 7) is 13.8. The SMILES string of the molecule is C=CC(C)(CN)C[Si](C)(C)C. The maximum atomic E-state index is 5.68. The van der Waals surface area contributed by atoms with Gasteiger partial charge in [-0.1, -0.05) is 32.6 Å². The van der Waals surface area contributed by atoms with Gasteiger partial charge in [-0.05, 0) is 11.5 Å². The molecule has 11 heavy (non-hydrogen) atoms. The van der Waals surface area contributed by atoms with Crippen LogP contribution >= 0.6 is 0 Å². The van der Waals surface area contributed by atoms with Crippen molar-refractivity contribution < 1.29 is 0 Å². The molecular weight excluding hydrogens is 150 g/mol. The van der Waals surface area contributed by atoms with Gasteiger partial charge in [0.15, 0.2) is 0 Å². The second-order valence-corrected chi connectivity index (χ2v) is 10.3. The highest BCUT2D eigenvalue weighted by molar-refractivity contribution is 6.76. The van der Waals surface area contributed by atoms with Gasteiger partial charge in [-0.15, -0.1) is 6.58 Å². The summed E-state index contributed by atoms with van der Waals surface area (Å²) in [5.74, 6) is 0. The van der Waals surface area contributed by atoms with E-state index in [0.717, 1.165) is 6.54 Å². The molecule has 0 aliphatic heterocycles. The average Bonchev–Trinajstić information content (AvgIpc) is 1.84. The Balaban J connectivity index is 4.19. The molecule has 0 aliphatic rings. The van der Waals surface area contributed by atoms with Crippen molar-refractivity contribution in [2.45, 2.75) is 32.6 Å². The molecule has 1 nitrogen and oxygen atoms in total. The third kappa shape index (κ3) is 4.38. The van der Waals surface area contributed by atoms with E-state index < -0.39 is 8.07 Å². The third-order valence-electron chi connectivity index (χ3n) is 1.89. The first-order valence-corrected chi connectivity index (χ1v) is 7.87. The number of nitrogens with two attached hydrogens (primary N) is 1. The zero-order valence-corrected chi connectivity index (χ0v) is 9.28. The predicted molar refractivity (Wildman–Crippen MR) is 55.5 cm³/mol. The Labute approximate surface area is 71.7 Å². The van der Waals surface area contributed by atoms with Crippen molar-refractivity contribution in [3.63, 3.8) is 0 Å². The molecule has 0 bridgehead atoms. The summed E-state index contributed by atoms with van der Waals surface area (Å²) < 4.78 is 0. The fraction of sp³-hybridized carbons (Fsp3) is 0.778. The van der Waals surface area contributed by atoms with Crippen LogP contribution in [0.25, 0.3) is 0 Å². The quantitative estimate of drug-likeness (QED) is 0.510. The molecule has 0 saturated heterocycles. The van der Waals surface area contributed by atoms with Gasteiger partial charge >= 0.3 is 0 Å². The molecule has 2 heteroatoms. The van der Waals surface area contributed by atoms with E-state index in [1.165, 1.54) is 6.04 Å². The van der Waals surface area contributed by atoms with Crippen LogP contribution in [-0.4, -0.2) is 14.6 Å². The minimum atomic E-state index is -0.986. The summed E-state index contributed by atoms with van der Waals surface area (Å²) in [5, 5.41) is 0. The maximum Gasteiger partial charge on any atom is 0.0451 e. The lowest BCUT2D eigenvalue weighted by Crippen LogP contribution is -2.34. The summed E-state index contributed by atoms with van der Waals surface area (Å²) in [6.07, 6.45) is 2.01. The molecule has 1 atom stereocenters. The Morgan fingerprint density at radius 1 is 1.45 bits per heavy atom. The van der Waals surface area contributed by atoms with Crippen LogP contribution in [0, 0.1) is 5.41 Å². The highest BCUT2D eigenvalue weighted by atomic mass is 28.3. The minimum Gasteiger partial charge on any atom is -0.330 e. The summed E-state index contributed by atoms with van der Waals surface area (Å²) in [6, 6.07) is 1.24. The number of hydrogen-bond acceptors (Lipinski definition) is 1. The van der Waals surface area contributed by atoms with E-state index in [2.05, 4.69) is 33.1 Å². The Hall–Kier alpha value is -0.0831. The van der Waals surface area contributed by atoms with Gasteiger partial charge in [-0.25, -0.2) is 0 Å². The van der Waals surface area contributed by atoms with Crippen molar-refractivity contribution in [1.29, 1.82) is 0 Å². The van der Waals surface area contributed by atoms with Crippen LogP contribution in [0.5, 0.6) is 0 Å². The number of rotatable bonds is 4. The molecule has 0 aromatic heterocycles. The Bertz CT molecular complexity index is 137. The zero-order chi connectivity index (χ0) is 9.12. The lowest BCUT2D eigenvalue weighted by atomic mass is 9.94. The van der Waals surface area contributed by atoms with E-state index in [-0.39, 0.29) is 5.41 Å². The molecule has 1 unspecified atom stereocenters. The van der Waals surface area contributed by atoms with E-state index in [1.54, 1.807) is 0 Å². The molecule has 66 valence electrons. The van der Waals surface area contributed by atoms with Crippen LogP contribution in [0.1, 0.15) is 6.92 Å². The highest BCUT2D eigenvalue weighted by Gasteiger charge is 2.26. The topological polar surface area (TPSA) is 26.0 Å². The van der Waals surface area contributed by atoms with Crippen molar-refractivity contribution in [2.24, 2.45) is 11.1 Å². The van der Waals surface area contributed by atoms with E-state index >= 15 is 0 Å². The Morgan fingerprint density at radius 2 is 1.91 bits per heavy atom. The predicted octanol–water partition coefficient (Wildman–Crippen LogP) is 2.48. The van der Waals surface area contributed by atoms with Gasteiger partial charge < -0.3 is 5.73 Å². The van der Waals surface area contributed by atoms with E-state index in [4.69, 9.17) is 5.73 Å². The molecule has 0 fully saturated rings. The van der Waals surface area contributed by atoms with Gasteiger partial charge in [0.05, 0.1) is 0 Å². The Kier molecular flexibility index (Phi) is 3.52. The molecule has 0 aromatic carbocycles. The molecule has 0 spiro atoms. The van der Waals surface area contributed by atoms with Crippen LogP contribution in [0.4, 0.5) is 0 Å².